The first-order chi connectivity index (χ1) is 9.35. The summed E-state index contributed by atoms with van der Waals surface area (Å²) in [5.41, 5.74) is 5.24. The highest BCUT2D eigenvalue weighted by Gasteiger charge is 2.31. The molecule has 5 nitrogen and oxygen atoms in total. The smallest absolute Gasteiger partial charge is 0.225 e. The van der Waals surface area contributed by atoms with Crippen molar-refractivity contribution in [3.8, 4) is 0 Å². The molecule has 2 fully saturated rings. The number of carbonyl (C=O) groups excluding carboxylic acids is 1. The molecule has 1 aliphatic heterocycles. The maximum atomic E-state index is 12.5. The molecule has 1 saturated carbocycles. The lowest BCUT2D eigenvalue weighted by Gasteiger charge is -2.39. The summed E-state index contributed by atoms with van der Waals surface area (Å²) in [6.45, 7) is 7.64. The molecule has 1 heterocycles. The van der Waals surface area contributed by atoms with Gasteiger partial charge in [-0.2, -0.15) is 0 Å². The third-order valence-electron chi connectivity index (χ3n) is 4.42. The quantitative estimate of drug-likeness (QED) is 0.787. The van der Waals surface area contributed by atoms with Gasteiger partial charge in [-0.15, -0.1) is 0 Å². The van der Waals surface area contributed by atoms with Crippen molar-refractivity contribution in [2.24, 2.45) is 11.7 Å². The molecule has 0 unspecified atom stereocenters. The topological polar surface area (TPSA) is 69.8 Å². The van der Waals surface area contributed by atoms with E-state index >= 15 is 0 Å². The van der Waals surface area contributed by atoms with Crippen LogP contribution in [0.15, 0.2) is 0 Å². The first-order valence-corrected chi connectivity index (χ1v) is 7.84. The van der Waals surface area contributed by atoms with Crippen LogP contribution in [-0.2, 0) is 4.79 Å². The van der Waals surface area contributed by atoms with Crippen LogP contribution in [-0.4, -0.2) is 65.2 Å². The average Bonchev–Trinajstić information content (AvgIpc) is 2.38. The molecule has 2 rings (SSSR count). The Kier molecular flexibility index (Phi) is 5.04. The predicted octanol–water partition coefficient (Wildman–Crippen LogP) is 0.419. The minimum atomic E-state index is -0.661. The zero-order valence-electron chi connectivity index (χ0n) is 12.8. The van der Waals surface area contributed by atoms with Crippen LogP contribution in [0.5, 0.6) is 0 Å². The van der Waals surface area contributed by atoms with Gasteiger partial charge < -0.3 is 15.7 Å². The second-order valence-electron chi connectivity index (χ2n) is 7.03. The molecule has 2 aliphatic rings. The van der Waals surface area contributed by atoms with Gasteiger partial charge in [-0.1, -0.05) is 0 Å². The second-order valence-corrected chi connectivity index (χ2v) is 7.03. The van der Waals surface area contributed by atoms with Crippen molar-refractivity contribution in [1.29, 1.82) is 0 Å². The lowest BCUT2D eigenvalue weighted by molar-refractivity contribution is -0.138. The molecule has 0 radical (unpaired) electrons. The molecule has 116 valence electrons. The van der Waals surface area contributed by atoms with Gasteiger partial charge in [0.15, 0.2) is 0 Å². The summed E-state index contributed by atoms with van der Waals surface area (Å²) in [6, 6.07) is 0.294. The minimum absolute atomic E-state index is 0.190. The van der Waals surface area contributed by atoms with Gasteiger partial charge in [0.2, 0.25) is 5.91 Å². The molecule has 1 saturated heterocycles. The van der Waals surface area contributed by atoms with Crippen molar-refractivity contribution in [2.45, 2.75) is 51.2 Å². The Labute approximate surface area is 122 Å². The SMILES string of the molecule is CC(C)(O)CN1CCN(C(=O)C2CCC(N)CC2)CC1. The highest BCUT2D eigenvalue weighted by atomic mass is 16.3. The number of nitrogens with two attached hydrogens (primary N) is 1. The third kappa shape index (κ3) is 4.43. The Hall–Kier alpha value is -0.650. The third-order valence-corrected chi connectivity index (χ3v) is 4.42. The monoisotopic (exact) mass is 283 g/mol. The Morgan fingerprint density at radius 3 is 2.20 bits per heavy atom. The molecule has 0 aromatic rings. The van der Waals surface area contributed by atoms with Crippen molar-refractivity contribution in [3.05, 3.63) is 0 Å². The summed E-state index contributed by atoms with van der Waals surface area (Å²) in [7, 11) is 0. The van der Waals surface area contributed by atoms with Gasteiger partial charge in [0.25, 0.3) is 0 Å². The average molecular weight is 283 g/mol. The summed E-state index contributed by atoms with van der Waals surface area (Å²) < 4.78 is 0. The largest absolute Gasteiger partial charge is 0.389 e. The molecule has 0 aromatic carbocycles. The summed E-state index contributed by atoms with van der Waals surface area (Å²) in [5.74, 6) is 0.510. The molecule has 0 aromatic heterocycles. The summed E-state index contributed by atoms with van der Waals surface area (Å²) in [5, 5.41) is 9.84. The highest BCUT2D eigenvalue weighted by Crippen LogP contribution is 2.25. The Balaban J connectivity index is 1.77. The number of hydrogen-bond donors (Lipinski definition) is 2. The van der Waals surface area contributed by atoms with E-state index in [1.165, 1.54) is 0 Å². The highest BCUT2D eigenvalue weighted by molar-refractivity contribution is 5.79. The lowest BCUT2D eigenvalue weighted by atomic mass is 9.85. The second kappa shape index (κ2) is 6.41. The molecule has 0 atom stereocenters. The molecule has 1 amide bonds. The van der Waals surface area contributed by atoms with Crippen LogP contribution < -0.4 is 5.73 Å². The molecule has 0 spiro atoms. The fourth-order valence-electron chi connectivity index (χ4n) is 3.30. The van der Waals surface area contributed by atoms with Gasteiger partial charge >= 0.3 is 0 Å². The standard InChI is InChI=1S/C15H29N3O2/c1-15(2,20)11-17-7-9-18(10-8-17)14(19)12-3-5-13(16)6-4-12/h12-13,20H,3-11,16H2,1-2H3. The lowest BCUT2D eigenvalue weighted by Crippen LogP contribution is -2.53. The number of nitrogens with zero attached hydrogens (tertiary/aromatic N) is 2. The van der Waals surface area contributed by atoms with Crippen LogP contribution in [0.4, 0.5) is 0 Å². The van der Waals surface area contributed by atoms with E-state index in [-0.39, 0.29) is 5.92 Å². The molecular formula is C15H29N3O2. The molecule has 0 bridgehead atoms. The summed E-state index contributed by atoms with van der Waals surface area (Å²) in [6.07, 6.45) is 3.86. The van der Waals surface area contributed by atoms with Gasteiger partial charge in [0.05, 0.1) is 5.60 Å². The summed E-state index contributed by atoms with van der Waals surface area (Å²) >= 11 is 0. The van der Waals surface area contributed by atoms with E-state index in [2.05, 4.69) is 4.90 Å². The van der Waals surface area contributed by atoms with Crippen LogP contribution in [0.2, 0.25) is 0 Å². The van der Waals surface area contributed by atoms with E-state index in [0.29, 0.717) is 18.5 Å². The minimum Gasteiger partial charge on any atom is -0.389 e. The fraction of sp³-hybridized carbons (Fsp3) is 0.933. The van der Waals surface area contributed by atoms with Crippen molar-refractivity contribution in [3.63, 3.8) is 0 Å². The predicted molar refractivity (Wildman–Crippen MR) is 79.3 cm³/mol. The number of amides is 1. The Morgan fingerprint density at radius 2 is 1.70 bits per heavy atom. The van der Waals surface area contributed by atoms with E-state index in [1.807, 2.05) is 18.7 Å². The van der Waals surface area contributed by atoms with Crippen LogP contribution >= 0.6 is 0 Å². The first-order valence-electron chi connectivity index (χ1n) is 7.84. The maximum absolute atomic E-state index is 12.5. The van der Waals surface area contributed by atoms with Crippen molar-refractivity contribution in [2.75, 3.05) is 32.7 Å². The van der Waals surface area contributed by atoms with E-state index in [9.17, 15) is 9.90 Å². The van der Waals surface area contributed by atoms with Crippen LogP contribution in [0.1, 0.15) is 39.5 Å². The fourth-order valence-corrected chi connectivity index (χ4v) is 3.30. The summed E-state index contributed by atoms with van der Waals surface area (Å²) in [4.78, 5) is 16.7. The zero-order chi connectivity index (χ0) is 14.8. The molecule has 5 heteroatoms. The van der Waals surface area contributed by atoms with E-state index in [0.717, 1.165) is 51.9 Å². The van der Waals surface area contributed by atoms with Gasteiger partial charge in [0, 0.05) is 44.7 Å². The zero-order valence-corrected chi connectivity index (χ0v) is 12.8. The number of piperazine rings is 1. The van der Waals surface area contributed by atoms with Crippen LogP contribution in [0, 0.1) is 5.92 Å². The number of hydrogen-bond acceptors (Lipinski definition) is 4. The van der Waals surface area contributed by atoms with Gasteiger partial charge in [0.1, 0.15) is 0 Å². The molecular weight excluding hydrogens is 254 g/mol. The van der Waals surface area contributed by atoms with Crippen molar-refractivity contribution >= 4 is 5.91 Å². The number of β-amino-alcohol motifs (C(OH)–C–C–N with tert-alkyl or cyclic N) is 1. The van der Waals surface area contributed by atoms with Crippen LogP contribution in [0.25, 0.3) is 0 Å². The van der Waals surface area contributed by atoms with Gasteiger partial charge in [-0.25, -0.2) is 0 Å². The van der Waals surface area contributed by atoms with Gasteiger partial charge in [-0.05, 0) is 39.5 Å². The first kappa shape index (κ1) is 15.7. The number of rotatable bonds is 3. The molecule has 1 aliphatic carbocycles. The molecule has 3 N–H and O–H groups in total. The van der Waals surface area contributed by atoms with Crippen molar-refractivity contribution < 1.29 is 9.90 Å². The Morgan fingerprint density at radius 1 is 1.15 bits per heavy atom. The van der Waals surface area contributed by atoms with E-state index in [1.54, 1.807) is 0 Å². The molecule has 20 heavy (non-hydrogen) atoms. The number of aliphatic hydroxyl groups is 1. The maximum Gasteiger partial charge on any atom is 0.225 e. The van der Waals surface area contributed by atoms with Gasteiger partial charge in [-0.3, -0.25) is 9.69 Å². The Bertz CT molecular complexity index is 325. The number of carbonyl (C=O) groups is 1. The van der Waals surface area contributed by atoms with E-state index < -0.39 is 5.60 Å². The normalized spacial score (nSPS) is 29.5. The van der Waals surface area contributed by atoms with Crippen molar-refractivity contribution in [1.82, 2.24) is 9.80 Å². The van der Waals surface area contributed by atoms with E-state index in [4.69, 9.17) is 5.73 Å². The van der Waals surface area contributed by atoms with Crippen LogP contribution in [0.3, 0.4) is 0 Å².